The lowest BCUT2D eigenvalue weighted by Gasteiger charge is -2.29. The number of hydrazone groups is 1. The predicted octanol–water partition coefficient (Wildman–Crippen LogP) is 3.70. The zero-order valence-electron chi connectivity index (χ0n) is 22.5. The number of hydrogen-bond donors (Lipinski definition) is 1. The van der Waals surface area contributed by atoms with Gasteiger partial charge in [0.2, 0.25) is 0 Å². The number of ether oxygens (including phenoxy) is 1. The molecule has 1 aliphatic rings. The number of amides is 1. The second kappa shape index (κ2) is 12.3. The van der Waals surface area contributed by atoms with Crippen LogP contribution in [0.1, 0.15) is 22.3 Å². The van der Waals surface area contributed by atoms with Gasteiger partial charge in [-0.25, -0.2) is 13.8 Å². The van der Waals surface area contributed by atoms with Crippen molar-refractivity contribution in [1.29, 1.82) is 0 Å². The van der Waals surface area contributed by atoms with Gasteiger partial charge in [0.05, 0.1) is 34.9 Å². The van der Waals surface area contributed by atoms with E-state index in [1.165, 1.54) is 30.5 Å². The standard InChI is InChI=1S/C28H31N5O6S/c1-20-7-10-25(11-8-20)40(37,38)32(26-6-4-5-21(2)22(26)3)19-28(34)30-29-18-23-17-24(33(35)36)9-12-27(23)31-13-15-39-16-14-31/h4-12,17-18H,13-16,19H2,1-3H3,(H,30,34)/b29-18-. The third-order valence-electron chi connectivity index (χ3n) is 6.71. The lowest BCUT2D eigenvalue weighted by atomic mass is 10.1. The van der Waals surface area contributed by atoms with E-state index in [0.29, 0.717) is 43.2 Å². The SMILES string of the molecule is Cc1ccc(S(=O)(=O)N(CC(=O)N/N=C\c2cc([N+](=O)[O-])ccc2N2CCOCC2)c2cccc(C)c2C)cc1. The van der Waals surface area contributed by atoms with Gasteiger partial charge in [-0.15, -0.1) is 0 Å². The van der Waals surface area contributed by atoms with Crippen LogP contribution in [0.2, 0.25) is 0 Å². The fraction of sp³-hybridized carbons (Fsp3) is 0.286. The molecule has 0 atom stereocenters. The quantitative estimate of drug-likeness (QED) is 0.237. The Morgan fingerprint density at radius 3 is 2.48 bits per heavy atom. The third kappa shape index (κ3) is 6.46. The molecule has 0 aromatic heterocycles. The van der Waals surface area contributed by atoms with Crippen molar-refractivity contribution in [2.24, 2.45) is 5.10 Å². The number of nitrogens with one attached hydrogen (secondary N) is 1. The normalized spacial score (nSPS) is 13.8. The Hall–Kier alpha value is -4.29. The summed E-state index contributed by atoms with van der Waals surface area (Å²) < 4.78 is 33.8. The smallest absolute Gasteiger partial charge is 0.270 e. The van der Waals surface area contributed by atoms with Crippen LogP contribution in [-0.4, -0.2) is 58.3 Å². The van der Waals surface area contributed by atoms with Crippen LogP contribution >= 0.6 is 0 Å². The fourth-order valence-corrected chi connectivity index (χ4v) is 5.81. The fourth-order valence-electron chi connectivity index (χ4n) is 4.33. The Kier molecular flexibility index (Phi) is 8.80. The number of carbonyl (C=O) groups excluding carboxylic acids is 1. The predicted molar refractivity (Wildman–Crippen MR) is 153 cm³/mol. The summed E-state index contributed by atoms with van der Waals surface area (Å²) in [5.74, 6) is -0.675. The molecule has 1 N–H and O–H groups in total. The third-order valence-corrected chi connectivity index (χ3v) is 8.48. The second-order valence-electron chi connectivity index (χ2n) is 9.44. The van der Waals surface area contributed by atoms with Crippen LogP contribution in [-0.2, 0) is 19.6 Å². The molecule has 1 saturated heterocycles. The molecule has 4 rings (SSSR count). The number of carbonyl (C=O) groups is 1. The maximum Gasteiger partial charge on any atom is 0.270 e. The average Bonchev–Trinajstić information content (AvgIpc) is 2.94. The van der Waals surface area contributed by atoms with E-state index in [9.17, 15) is 23.3 Å². The number of nitro benzene ring substituents is 1. The minimum atomic E-state index is -4.09. The number of non-ortho nitro benzene ring substituents is 1. The Morgan fingerprint density at radius 2 is 1.80 bits per heavy atom. The van der Waals surface area contributed by atoms with Crippen molar-refractivity contribution in [3.8, 4) is 0 Å². The van der Waals surface area contributed by atoms with E-state index in [4.69, 9.17) is 4.74 Å². The Balaban J connectivity index is 1.60. The molecule has 1 amide bonds. The van der Waals surface area contributed by atoms with Crippen molar-refractivity contribution in [2.75, 3.05) is 42.1 Å². The molecular formula is C28H31N5O6S. The molecule has 0 spiro atoms. The van der Waals surface area contributed by atoms with Crippen LogP contribution in [0.15, 0.2) is 70.7 Å². The molecule has 210 valence electrons. The first kappa shape index (κ1) is 28.7. The molecule has 1 aliphatic heterocycles. The van der Waals surface area contributed by atoms with Gasteiger partial charge in [-0.2, -0.15) is 5.10 Å². The van der Waals surface area contributed by atoms with E-state index in [1.54, 1.807) is 37.3 Å². The summed E-state index contributed by atoms with van der Waals surface area (Å²) in [5, 5.41) is 15.4. The molecule has 0 aliphatic carbocycles. The number of hydrogen-bond acceptors (Lipinski definition) is 8. The highest BCUT2D eigenvalue weighted by Crippen LogP contribution is 2.29. The molecule has 0 saturated carbocycles. The number of rotatable bonds is 9. The van der Waals surface area contributed by atoms with Crippen LogP contribution in [0.4, 0.5) is 17.1 Å². The van der Waals surface area contributed by atoms with Crippen molar-refractivity contribution in [3.05, 3.63) is 93.0 Å². The van der Waals surface area contributed by atoms with Gasteiger partial charge in [-0.3, -0.25) is 19.2 Å². The summed E-state index contributed by atoms with van der Waals surface area (Å²) >= 11 is 0. The largest absolute Gasteiger partial charge is 0.378 e. The van der Waals surface area contributed by atoms with Crippen molar-refractivity contribution in [1.82, 2.24) is 5.43 Å². The van der Waals surface area contributed by atoms with Gasteiger partial charge in [0.1, 0.15) is 6.54 Å². The average molecular weight is 566 g/mol. The molecule has 1 heterocycles. The summed E-state index contributed by atoms with van der Waals surface area (Å²) in [5.41, 5.74) is 6.31. The number of nitrogens with zero attached hydrogens (tertiary/aromatic N) is 4. The Labute approximate surface area is 233 Å². The summed E-state index contributed by atoms with van der Waals surface area (Å²) in [7, 11) is -4.09. The van der Waals surface area contributed by atoms with Gasteiger partial charge in [0, 0.05) is 36.5 Å². The number of sulfonamides is 1. The molecular weight excluding hydrogens is 534 g/mol. The van der Waals surface area contributed by atoms with E-state index in [1.807, 2.05) is 24.8 Å². The second-order valence-corrected chi connectivity index (χ2v) is 11.3. The first-order chi connectivity index (χ1) is 19.1. The van der Waals surface area contributed by atoms with Gasteiger partial charge < -0.3 is 9.64 Å². The summed E-state index contributed by atoms with van der Waals surface area (Å²) in [6.07, 6.45) is 1.33. The van der Waals surface area contributed by atoms with Gasteiger partial charge in [-0.05, 0) is 56.2 Å². The minimum absolute atomic E-state index is 0.0575. The summed E-state index contributed by atoms with van der Waals surface area (Å²) in [6.45, 7) is 7.25. The van der Waals surface area contributed by atoms with Gasteiger partial charge in [-0.1, -0.05) is 29.8 Å². The van der Waals surface area contributed by atoms with E-state index >= 15 is 0 Å². The Morgan fingerprint density at radius 1 is 1.10 bits per heavy atom. The number of anilines is 2. The molecule has 3 aromatic carbocycles. The molecule has 40 heavy (non-hydrogen) atoms. The van der Waals surface area contributed by atoms with Gasteiger partial charge in [0.15, 0.2) is 0 Å². The Bertz CT molecular complexity index is 1530. The van der Waals surface area contributed by atoms with E-state index < -0.39 is 27.4 Å². The lowest BCUT2D eigenvalue weighted by Crippen LogP contribution is -2.40. The maximum atomic E-state index is 13.7. The minimum Gasteiger partial charge on any atom is -0.378 e. The molecule has 12 heteroatoms. The zero-order valence-corrected chi connectivity index (χ0v) is 23.3. The molecule has 0 bridgehead atoms. The summed E-state index contributed by atoms with van der Waals surface area (Å²) in [6, 6.07) is 16.1. The zero-order chi connectivity index (χ0) is 28.9. The first-order valence-electron chi connectivity index (χ1n) is 12.7. The molecule has 0 radical (unpaired) electrons. The van der Waals surface area contributed by atoms with E-state index in [2.05, 4.69) is 10.5 Å². The number of benzene rings is 3. The highest BCUT2D eigenvalue weighted by Gasteiger charge is 2.28. The maximum absolute atomic E-state index is 13.7. The van der Waals surface area contributed by atoms with Crippen molar-refractivity contribution in [2.45, 2.75) is 25.7 Å². The van der Waals surface area contributed by atoms with Crippen LogP contribution in [0.3, 0.4) is 0 Å². The lowest BCUT2D eigenvalue weighted by molar-refractivity contribution is -0.384. The van der Waals surface area contributed by atoms with Crippen LogP contribution in [0.25, 0.3) is 0 Å². The van der Waals surface area contributed by atoms with E-state index in [-0.39, 0.29) is 10.6 Å². The van der Waals surface area contributed by atoms with Gasteiger partial charge >= 0.3 is 0 Å². The monoisotopic (exact) mass is 565 g/mol. The van der Waals surface area contributed by atoms with Crippen molar-refractivity contribution in [3.63, 3.8) is 0 Å². The van der Waals surface area contributed by atoms with Gasteiger partial charge in [0.25, 0.3) is 21.6 Å². The number of morpholine rings is 1. The molecule has 3 aromatic rings. The topological polar surface area (TPSA) is 134 Å². The molecule has 11 nitrogen and oxygen atoms in total. The van der Waals surface area contributed by atoms with Crippen molar-refractivity contribution >= 4 is 39.2 Å². The number of aryl methyl sites for hydroxylation is 2. The van der Waals surface area contributed by atoms with Crippen LogP contribution < -0.4 is 14.6 Å². The summed E-state index contributed by atoms with van der Waals surface area (Å²) in [4.78, 5) is 26.0. The highest BCUT2D eigenvalue weighted by atomic mass is 32.2. The van der Waals surface area contributed by atoms with Crippen LogP contribution in [0.5, 0.6) is 0 Å². The first-order valence-corrected chi connectivity index (χ1v) is 14.1. The van der Waals surface area contributed by atoms with Crippen molar-refractivity contribution < 1.29 is 22.9 Å². The molecule has 1 fully saturated rings. The number of nitro groups is 1. The van der Waals surface area contributed by atoms with E-state index in [0.717, 1.165) is 21.0 Å². The van der Waals surface area contributed by atoms with Crippen LogP contribution in [0, 0.1) is 30.9 Å². The highest BCUT2D eigenvalue weighted by molar-refractivity contribution is 7.92. The molecule has 0 unspecified atom stereocenters.